The number of ether oxygens (including phenoxy) is 1. The molecule has 0 aliphatic rings. The number of carbonyl (C=O) groups excluding carboxylic acids is 1. The highest BCUT2D eigenvalue weighted by Crippen LogP contribution is 2.20. The Morgan fingerprint density at radius 3 is 2.43 bits per heavy atom. The molecule has 0 heterocycles. The van der Waals surface area contributed by atoms with E-state index < -0.39 is 0 Å². The molecule has 0 fully saturated rings. The Balaban J connectivity index is 1.79. The van der Waals surface area contributed by atoms with Crippen LogP contribution < -0.4 is 4.74 Å². The van der Waals surface area contributed by atoms with E-state index in [4.69, 9.17) is 4.74 Å². The molecular formula is C18H13BrO2. The first-order chi connectivity index (χ1) is 10.2. The minimum absolute atomic E-state index is 0.256. The summed E-state index contributed by atoms with van der Waals surface area (Å²) in [6, 6.07) is 21.2. The predicted molar refractivity (Wildman–Crippen MR) is 87.4 cm³/mol. The van der Waals surface area contributed by atoms with E-state index in [1.54, 1.807) is 12.1 Å². The van der Waals surface area contributed by atoms with Crippen LogP contribution >= 0.6 is 15.9 Å². The maximum absolute atomic E-state index is 12.1. The van der Waals surface area contributed by atoms with Gasteiger partial charge >= 0.3 is 5.97 Å². The van der Waals surface area contributed by atoms with Gasteiger partial charge in [-0.2, -0.15) is 0 Å². The highest BCUT2D eigenvalue weighted by molar-refractivity contribution is 9.10. The number of fused-ring (bicyclic) bond motifs is 1. The van der Waals surface area contributed by atoms with E-state index in [1.807, 2.05) is 54.6 Å². The average molecular weight is 341 g/mol. The van der Waals surface area contributed by atoms with Crippen molar-refractivity contribution in [3.63, 3.8) is 0 Å². The van der Waals surface area contributed by atoms with Crippen LogP contribution in [0.25, 0.3) is 10.8 Å². The zero-order valence-electron chi connectivity index (χ0n) is 11.3. The summed E-state index contributed by atoms with van der Waals surface area (Å²) >= 11 is 3.35. The van der Waals surface area contributed by atoms with Gasteiger partial charge in [0, 0.05) is 4.47 Å². The number of rotatable bonds is 3. The summed E-state index contributed by atoms with van der Waals surface area (Å²) in [4.78, 5) is 12.1. The van der Waals surface area contributed by atoms with E-state index >= 15 is 0 Å². The molecule has 104 valence electrons. The third kappa shape index (κ3) is 3.31. The van der Waals surface area contributed by atoms with Gasteiger partial charge in [0.1, 0.15) is 5.75 Å². The Hall–Kier alpha value is -2.13. The van der Waals surface area contributed by atoms with Crippen LogP contribution in [0, 0.1) is 0 Å². The molecule has 2 nitrogen and oxygen atoms in total. The summed E-state index contributed by atoms with van der Waals surface area (Å²) in [5.41, 5.74) is 0.982. The van der Waals surface area contributed by atoms with Crippen molar-refractivity contribution >= 4 is 32.7 Å². The summed E-state index contributed by atoms with van der Waals surface area (Å²) in [7, 11) is 0. The molecule has 0 saturated carbocycles. The molecule has 0 spiro atoms. The molecule has 3 aromatic carbocycles. The van der Waals surface area contributed by atoms with E-state index in [2.05, 4.69) is 15.9 Å². The van der Waals surface area contributed by atoms with Crippen LogP contribution in [-0.2, 0) is 11.2 Å². The van der Waals surface area contributed by atoms with Gasteiger partial charge in [-0.1, -0.05) is 58.4 Å². The Bertz CT molecular complexity index is 773. The zero-order chi connectivity index (χ0) is 14.7. The standard InChI is InChI=1S/C18H13BrO2/c19-15-8-10-16(11-9-15)21-18(20)12-14-6-3-5-13-4-1-2-7-17(13)14/h1-11H,12H2. The first-order valence-electron chi connectivity index (χ1n) is 6.65. The third-order valence-electron chi connectivity index (χ3n) is 3.26. The van der Waals surface area contributed by atoms with E-state index in [0.29, 0.717) is 5.75 Å². The fourth-order valence-corrected chi connectivity index (χ4v) is 2.54. The highest BCUT2D eigenvalue weighted by Gasteiger charge is 2.09. The Morgan fingerprint density at radius 2 is 1.62 bits per heavy atom. The van der Waals surface area contributed by atoms with Crippen molar-refractivity contribution < 1.29 is 9.53 Å². The molecule has 0 bridgehead atoms. The van der Waals surface area contributed by atoms with Crippen LogP contribution in [0.5, 0.6) is 5.75 Å². The molecule has 3 rings (SSSR count). The second-order valence-electron chi connectivity index (χ2n) is 4.74. The molecule has 0 aromatic heterocycles. The smallest absolute Gasteiger partial charge is 0.315 e. The molecule has 0 N–H and O–H groups in total. The van der Waals surface area contributed by atoms with Gasteiger partial charge in [0.2, 0.25) is 0 Å². The molecule has 3 aromatic rings. The van der Waals surface area contributed by atoms with Gasteiger partial charge in [0.15, 0.2) is 0 Å². The lowest BCUT2D eigenvalue weighted by molar-refractivity contribution is -0.133. The summed E-state index contributed by atoms with van der Waals surface area (Å²) in [5.74, 6) is 0.303. The van der Waals surface area contributed by atoms with Crippen molar-refractivity contribution in [1.29, 1.82) is 0 Å². The minimum atomic E-state index is -0.256. The second-order valence-corrected chi connectivity index (χ2v) is 5.66. The third-order valence-corrected chi connectivity index (χ3v) is 3.79. The van der Waals surface area contributed by atoms with Crippen molar-refractivity contribution in [3.05, 3.63) is 76.8 Å². The van der Waals surface area contributed by atoms with E-state index in [9.17, 15) is 4.79 Å². The molecule has 0 saturated heterocycles. The predicted octanol–water partition coefficient (Wildman–Crippen LogP) is 4.75. The Labute approximate surface area is 131 Å². The molecule has 0 atom stereocenters. The summed E-state index contributed by atoms with van der Waals surface area (Å²) in [5, 5.41) is 2.22. The largest absolute Gasteiger partial charge is 0.426 e. The maximum Gasteiger partial charge on any atom is 0.315 e. The number of hydrogen-bond acceptors (Lipinski definition) is 2. The number of carbonyl (C=O) groups is 1. The number of benzene rings is 3. The normalized spacial score (nSPS) is 10.5. The topological polar surface area (TPSA) is 26.3 Å². The van der Waals surface area contributed by atoms with Crippen LogP contribution in [0.1, 0.15) is 5.56 Å². The molecule has 0 radical (unpaired) electrons. The monoisotopic (exact) mass is 340 g/mol. The molecular weight excluding hydrogens is 328 g/mol. The van der Waals surface area contributed by atoms with Crippen molar-refractivity contribution in [1.82, 2.24) is 0 Å². The van der Waals surface area contributed by atoms with Crippen LogP contribution in [-0.4, -0.2) is 5.97 Å². The van der Waals surface area contributed by atoms with E-state index in [0.717, 1.165) is 20.8 Å². The quantitative estimate of drug-likeness (QED) is 0.508. The number of halogens is 1. The van der Waals surface area contributed by atoms with Crippen molar-refractivity contribution in [2.45, 2.75) is 6.42 Å². The van der Waals surface area contributed by atoms with Crippen LogP contribution in [0.2, 0.25) is 0 Å². The summed E-state index contributed by atoms with van der Waals surface area (Å²) in [6.45, 7) is 0. The Kier molecular flexibility index (Phi) is 4.02. The van der Waals surface area contributed by atoms with Gasteiger partial charge in [-0.3, -0.25) is 4.79 Å². The lowest BCUT2D eigenvalue weighted by Crippen LogP contribution is -2.11. The average Bonchev–Trinajstić information content (AvgIpc) is 2.50. The second kappa shape index (κ2) is 6.10. The van der Waals surface area contributed by atoms with Gasteiger partial charge in [0.05, 0.1) is 6.42 Å². The van der Waals surface area contributed by atoms with Crippen LogP contribution in [0.4, 0.5) is 0 Å². The Morgan fingerprint density at radius 1 is 0.905 bits per heavy atom. The fraction of sp³-hybridized carbons (Fsp3) is 0.0556. The zero-order valence-corrected chi connectivity index (χ0v) is 12.8. The van der Waals surface area contributed by atoms with Crippen molar-refractivity contribution in [2.24, 2.45) is 0 Å². The molecule has 0 unspecified atom stereocenters. The molecule has 0 aliphatic heterocycles. The van der Waals surface area contributed by atoms with Gasteiger partial charge in [-0.15, -0.1) is 0 Å². The van der Waals surface area contributed by atoms with Gasteiger partial charge in [-0.05, 0) is 40.6 Å². The van der Waals surface area contributed by atoms with Crippen molar-refractivity contribution in [3.8, 4) is 5.75 Å². The van der Waals surface area contributed by atoms with E-state index in [1.165, 1.54) is 0 Å². The summed E-state index contributed by atoms with van der Waals surface area (Å²) < 4.78 is 6.32. The first-order valence-corrected chi connectivity index (χ1v) is 7.44. The van der Waals surface area contributed by atoms with Crippen LogP contribution in [0.3, 0.4) is 0 Å². The molecule has 3 heteroatoms. The lowest BCUT2D eigenvalue weighted by Gasteiger charge is -2.07. The molecule has 0 aliphatic carbocycles. The number of esters is 1. The SMILES string of the molecule is O=C(Cc1cccc2ccccc12)Oc1ccc(Br)cc1. The van der Waals surface area contributed by atoms with Gasteiger partial charge in [-0.25, -0.2) is 0 Å². The van der Waals surface area contributed by atoms with Crippen LogP contribution in [0.15, 0.2) is 71.2 Å². The molecule has 21 heavy (non-hydrogen) atoms. The fourth-order valence-electron chi connectivity index (χ4n) is 2.27. The summed E-state index contributed by atoms with van der Waals surface area (Å²) in [6.07, 6.45) is 0.261. The van der Waals surface area contributed by atoms with E-state index in [-0.39, 0.29) is 12.4 Å². The first kappa shape index (κ1) is 13.8. The highest BCUT2D eigenvalue weighted by atomic mass is 79.9. The maximum atomic E-state index is 12.1. The van der Waals surface area contributed by atoms with Gasteiger partial charge < -0.3 is 4.74 Å². The number of hydrogen-bond donors (Lipinski definition) is 0. The minimum Gasteiger partial charge on any atom is -0.426 e. The molecule has 0 amide bonds. The van der Waals surface area contributed by atoms with Gasteiger partial charge in [0.25, 0.3) is 0 Å². The lowest BCUT2D eigenvalue weighted by atomic mass is 10.0. The van der Waals surface area contributed by atoms with Crippen molar-refractivity contribution in [2.75, 3.05) is 0 Å².